The Morgan fingerprint density at radius 1 is 0.667 bits per heavy atom. The van der Waals surface area contributed by atoms with E-state index in [1.165, 1.54) is 0 Å². The monoisotopic (exact) mass is 626 g/mol. The van der Waals surface area contributed by atoms with Crippen LogP contribution in [0.1, 0.15) is 71.9 Å². The predicted molar refractivity (Wildman–Crippen MR) is 172 cm³/mol. The fraction of sp³-hybridized carbons (Fsp3) is 0.529. The summed E-state index contributed by atoms with van der Waals surface area (Å²) >= 11 is 0. The van der Waals surface area contributed by atoms with Gasteiger partial charge in [-0.3, -0.25) is 9.59 Å². The molecule has 45 heavy (non-hydrogen) atoms. The number of nitrogens with one attached hydrogen (secondary N) is 4. The molecule has 0 aliphatic carbocycles. The van der Waals surface area contributed by atoms with Crippen LogP contribution in [0.3, 0.4) is 0 Å². The largest absolute Gasteiger partial charge is 0.444 e. The van der Waals surface area contributed by atoms with Gasteiger partial charge >= 0.3 is 12.2 Å². The highest BCUT2D eigenvalue weighted by Gasteiger charge is 2.27. The smallest absolute Gasteiger partial charge is 0.408 e. The molecule has 0 spiro atoms. The van der Waals surface area contributed by atoms with Gasteiger partial charge in [0.1, 0.15) is 23.3 Å². The fourth-order valence-corrected chi connectivity index (χ4v) is 4.38. The van der Waals surface area contributed by atoms with Gasteiger partial charge in [-0.2, -0.15) is 0 Å². The number of carbonyl (C=O) groups excluding carboxylic acids is 4. The van der Waals surface area contributed by atoms with Crippen molar-refractivity contribution in [2.45, 2.75) is 103 Å². The van der Waals surface area contributed by atoms with Gasteiger partial charge in [0.25, 0.3) is 0 Å². The molecule has 0 aliphatic rings. The van der Waals surface area contributed by atoms with Crippen LogP contribution < -0.4 is 21.3 Å². The van der Waals surface area contributed by atoms with Crippen LogP contribution in [-0.2, 0) is 31.9 Å². The number of alkyl carbamates (subject to hydrolysis) is 2. The standard InChI is InChI=1S/C34H50N4O7/c1-33(2,3)44-31(42)37-27(21-24-15-9-7-10-16-24)29(40)35-20-14-13-19-26(23-39)36-30(41)28(22-25-17-11-8-12-18-25)38-32(43)45-34(4,5)6/h7-12,15-18,26-28,39H,13-14,19-23H2,1-6H3,(H,35,40)(H,36,41)(H,37,42)(H,38,43)/t26-,27-,28-/m0/s1. The van der Waals surface area contributed by atoms with Crippen LogP contribution in [0, 0.1) is 0 Å². The number of amides is 4. The van der Waals surface area contributed by atoms with Gasteiger partial charge in [0.05, 0.1) is 12.6 Å². The van der Waals surface area contributed by atoms with Crippen LogP contribution in [0.15, 0.2) is 60.7 Å². The molecular weight excluding hydrogens is 576 g/mol. The molecule has 2 rings (SSSR count). The van der Waals surface area contributed by atoms with Gasteiger partial charge in [-0.1, -0.05) is 60.7 Å². The van der Waals surface area contributed by atoms with Crippen LogP contribution in [-0.4, -0.2) is 71.6 Å². The van der Waals surface area contributed by atoms with Gasteiger partial charge in [-0.15, -0.1) is 0 Å². The van der Waals surface area contributed by atoms with Crippen molar-refractivity contribution in [1.29, 1.82) is 0 Å². The summed E-state index contributed by atoms with van der Waals surface area (Å²) in [5.74, 6) is -0.775. The molecule has 0 aliphatic heterocycles. The van der Waals surface area contributed by atoms with Crippen molar-refractivity contribution < 1.29 is 33.8 Å². The van der Waals surface area contributed by atoms with Crippen LogP contribution in [0.2, 0.25) is 0 Å². The molecule has 0 aromatic heterocycles. The SMILES string of the molecule is CC(C)(C)OC(=O)N[C@@H](Cc1ccccc1)C(=O)NCCCC[C@@H](CO)NC(=O)[C@H](Cc1ccccc1)NC(=O)OC(C)(C)C. The van der Waals surface area contributed by atoms with Crippen molar-refractivity contribution in [3.63, 3.8) is 0 Å². The summed E-state index contributed by atoms with van der Waals surface area (Å²) in [6.45, 7) is 10.5. The molecule has 11 heteroatoms. The zero-order valence-corrected chi connectivity index (χ0v) is 27.4. The normalized spacial score (nSPS) is 13.5. The van der Waals surface area contributed by atoms with Crippen LogP contribution in [0.25, 0.3) is 0 Å². The van der Waals surface area contributed by atoms with E-state index >= 15 is 0 Å². The second-order valence-electron chi connectivity index (χ2n) is 13.0. The van der Waals surface area contributed by atoms with E-state index < -0.39 is 47.4 Å². The molecule has 2 aromatic rings. The number of aliphatic hydroxyl groups excluding tert-OH is 1. The molecule has 3 atom stereocenters. The van der Waals surface area contributed by atoms with E-state index in [9.17, 15) is 24.3 Å². The Balaban J connectivity index is 1.90. The number of hydrogen-bond donors (Lipinski definition) is 5. The maximum absolute atomic E-state index is 13.2. The highest BCUT2D eigenvalue weighted by atomic mass is 16.6. The molecule has 4 amide bonds. The summed E-state index contributed by atoms with van der Waals surface area (Å²) in [6, 6.07) is 16.4. The number of carbonyl (C=O) groups is 4. The lowest BCUT2D eigenvalue weighted by atomic mass is 10.0. The van der Waals surface area contributed by atoms with Crippen LogP contribution >= 0.6 is 0 Å². The zero-order valence-electron chi connectivity index (χ0n) is 27.4. The van der Waals surface area contributed by atoms with E-state index in [2.05, 4.69) is 21.3 Å². The second kappa shape index (κ2) is 18.0. The van der Waals surface area contributed by atoms with Crippen molar-refractivity contribution in [3.05, 3.63) is 71.8 Å². The lowest BCUT2D eigenvalue weighted by Gasteiger charge is -2.25. The van der Waals surface area contributed by atoms with Gasteiger partial charge in [0.15, 0.2) is 0 Å². The van der Waals surface area contributed by atoms with E-state index in [0.29, 0.717) is 32.2 Å². The number of aliphatic hydroxyl groups is 1. The third-order valence-electron chi connectivity index (χ3n) is 6.43. The highest BCUT2D eigenvalue weighted by Crippen LogP contribution is 2.11. The number of unbranched alkanes of at least 4 members (excludes halogenated alkanes) is 1. The first-order chi connectivity index (χ1) is 21.1. The molecule has 2 aromatic carbocycles. The quantitative estimate of drug-likeness (QED) is 0.187. The Morgan fingerprint density at radius 2 is 1.11 bits per heavy atom. The predicted octanol–water partition coefficient (Wildman–Crippen LogP) is 4.02. The Hall–Kier alpha value is -4.12. The van der Waals surface area contributed by atoms with E-state index in [0.717, 1.165) is 11.1 Å². The molecule has 0 fully saturated rings. The van der Waals surface area contributed by atoms with E-state index in [-0.39, 0.29) is 18.9 Å². The highest BCUT2D eigenvalue weighted by molar-refractivity contribution is 5.86. The topological polar surface area (TPSA) is 155 Å². The summed E-state index contributed by atoms with van der Waals surface area (Å²) < 4.78 is 10.7. The Morgan fingerprint density at radius 3 is 1.53 bits per heavy atom. The molecule has 5 N–H and O–H groups in total. The molecule has 0 heterocycles. The van der Waals surface area contributed by atoms with Crippen LogP contribution in [0.5, 0.6) is 0 Å². The summed E-state index contributed by atoms with van der Waals surface area (Å²) in [5.41, 5.74) is 0.316. The van der Waals surface area contributed by atoms with Gasteiger partial charge in [-0.25, -0.2) is 9.59 Å². The maximum atomic E-state index is 13.2. The summed E-state index contributed by atoms with van der Waals surface area (Å²) in [5, 5.41) is 21.0. The minimum Gasteiger partial charge on any atom is -0.444 e. The fourth-order valence-electron chi connectivity index (χ4n) is 4.38. The third-order valence-corrected chi connectivity index (χ3v) is 6.43. The van der Waals surface area contributed by atoms with Crippen molar-refractivity contribution in [2.75, 3.05) is 13.2 Å². The summed E-state index contributed by atoms with van der Waals surface area (Å²) in [6.07, 6.45) is 0.785. The van der Waals surface area contributed by atoms with Gasteiger partial charge in [0.2, 0.25) is 11.8 Å². The number of rotatable bonds is 15. The lowest BCUT2D eigenvalue weighted by Crippen LogP contribution is -2.52. The Kier molecular flexibility index (Phi) is 14.8. The Bertz CT molecular complexity index is 1210. The lowest BCUT2D eigenvalue weighted by molar-refractivity contribution is -0.124. The number of ether oxygens (including phenoxy) is 2. The molecule has 0 bridgehead atoms. The minimum atomic E-state index is -0.908. The summed E-state index contributed by atoms with van der Waals surface area (Å²) in [7, 11) is 0. The van der Waals surface area contributed by atoms with E-state index in [1.807, 2.05) is 60.7 Å². The molecule has 0 radical (unpaired) electrons. The van der Waals surface area contributed by atoms with E-state index in [4.69, 9.17) is 9.47 Å². The average Bonchev–Trinajstić information content (AvgIpc) is 2.94. The maximum Gasteiger partial charge on any atom is 0.408 e. The molecule has 0 saturated heterocycles. The van der Waals surface area contributed by atoms with Crippen molar-refractivity contribution in [2.24, 2.45) is 0 Å². The average molecular weight is 627 g/mol. The molecular formula is C34H50N4O7. The first-order valence-electron chi connectivity index (χ1n) is 15.4. The van der Waals surface area contributed by atoms with Crippen molar-refractivity contribution in [3.8, 4) is 0 Å². The molecule has 0 saturated carbocycles. The molecule has 0 unspecified atom stereocenters. The number of hydrogen-bond acceptors (Lipinski definition) is 7. The van der Waals surface area contributed by atoms with Gasteiger partial charge in [-0.05, 0) is 71.9 Å². The minimum absolute atomic E-state index is 0.248. The first-order valence-corrected chi connectivity index (χ1v) is 15.4. The van der Waals surface area contributed by atoms with Crippen LogP contribution in [0.4, 0.5) is 9.59 Å². The van der Waals surface area contributed by atoms with Crippen molar-refractivity contribution >= 4 is 24.0 Å². The second-order valence-corrected chi connectivity index (χ2v) is 13.0. The zero-order chi connectivity index (χ0) is 33.5. The molecule has 11 nitrogen and oxygen atoms in total. The Labute approximate surface area is 266 Å². The molecule has 248 valence electrons. The van der Waals surface area contributed by atoms with E-state index in [1.54, 1.807) is 41.5 Å². The number of benzene rings is 2. The van der Waals surface area contributed by atoms with Crippen molar-refractivity contribution in [1.82, 2.24) is 21.3 Å². The third kappa shape index (κ3) is 16.0. The summed E-state index contributed by atoms with van der Waals surface area (Å²) in [4.78, 5) is 51.1. The van der Waals surface area contributed by atoms with Gasteiger partial charge < -0.3 is 35.8 Å². The first kappa shape index (κ1) is 37.1. The van der Waals surface area contributed by atoms with Gasteiger partial charge in [0, 0.05) is 19.4 Å².